The Hall–Kier alpha value is -1.81. The van der Waals surface area contributed by atoms with E-state index in [9.17, 15) is 18.3 Å². The van der Waals surface area contributed by atoms with Gasteiger partial charge < -0.3 is 5.11 Å². The first-order valence-corrected chi connectivity index (χ1v) is 5.77. The van der Waals surface area contributed by atoms with Crippen LogP contribution in [0.3, 0.4) is 0 Å². The van der Waals surface area contributed by atoms with Gasteiger partial charge in [0.05, 0.1) is 0 Å². The Morgan fingerprint density at radius 3 is 1.74 bits per heavy atom. The van der Waals surface area contributed by atoms with Crippen molar-refractivity contribution in [1.29, 1.82) is 0 Å². The highest BCUT2D eigenvalue weighted by Gasteiger charge is 2.51. The minimum Gasteiger partial charge on any atom is -0.376 e. The van der Waals surface area contributed by atoms with E-state index in [1.165, 1.54) is 12.1 Å². The lowest BCUT2D eigenvalue weighted by atomic mass is 9.93. The van der Waals surface area contributed by atoms with Gasteiger partial charge >= 0.3 is 6.18 Å². The van der Waals surface area contributed by atoms with E-state index in [-0.39, 0.29) is 5.56 Å². The molecule has 100 valence electrons. The molecule has 1 nitrogen and oxygen atoms in total. The van der Waals surface area contributed by atoms with Crippen molar-refractivity contribution in [3.8, 4) is 11.1 Å². The minimum atomic E-state index is -4.69. The highest BCUT2D eigenvalue weighted by molar-refractivity contribution is 5.63. The van der Waals surface area contributed by atoms with E-state index in [0.29, 0.717) is 0 Å². The van der Waals surface area contributed by atoms with Gasteiger partial charge in [-0.05, 0) is 23.6 Å². The van der Waals surface area contributed by atoms with Crippen molar-refractivity contribution in [2.45, 2.75) is 18.7 Å². The van der Waals surface area contributed by atoms with Crippen LogP contribution < -0.4 is 0 Å². The maximum absolute atomic E-state index is 12.7. The fourth-order valence-corrected chi connectivity index (χ4v) is 1.78. The zero-order valence-electron chi connectivity index (χ0n) is 10.3. The summed E-state index contributed by atoms with van der Waals surface area (Å²) in [6, 6.07) is 15.1. The Labute approximate surface area is 109 Å². The third-order valence-electron chi connectivity index (χ3n) is 3.11. The lowest BCUT2D eigenvalue weighted by molar-refractivity contribution is -0.258. The maximum atomic E-state index is 12.7. The summed E-state index contributed by atoms with van der Waals surface area (Å²) in [7, 11) is 0. The van der Waals surface area contributed by atoms with E-state index in [2.05, 4.69) is 0 Å². The van der Waals surface area contributed by atoms with Gasteiger partial charge in [-0.3, -0.25) is 0 Å². The smallest absolute Gasteiger partial charge is 0.376 e. The molecule has 1 unspecified atom stereocenters. The van der Waals surface area contributed by atoms with E-state index in [0.717, 1.165) is 18.1 Å². The van der Waals surface area contributed by atoms with Gasteiger partial charge in [0.15, 0.2) is 5.60 Å². The fourth-order valence-electron chi connectivity index (χ4n) is 1.78. The Morgan fingerprint density at radius 2 is 1.26 bits per heavy atom. The van der Waals surface area contributed by atoms with Gasteiger partial charge in [-0.2, -0.15) is 13.2 Å². The predicted molar refractivity (Wildman–Crippen MR) is 67.5 cm³/mol. The second-order valence-electron chi connectivity index (χ2n) is 4.51. The lowest BCUT2D eigenvalue weighted by Crippen LogP contribution is -2.39. The molecule has 2 aromatic carbocycles. The predicted octanol–water partition coefficient (Wildman–Crippen LogP) is 4.12. The molecule has 0 aliphatic carbocycles. The van der Waals surface area contributed by atoms with Crippen LogP contribution in [0.15, 0.2) is 54.6 Å². The number of hydrogen-bond donors (Lipinski definition) is 1. The summed E-state index contributed by atoms with van der Waals surface area (Å²) in [5.41, 5.74) is -1.27. The molecule has 0 heterocycles. The number of aliphatic hydroxyl groups is 1. The van der Waals surface area contributed by atoms with E-state index in [1.54, 1.807) is 12.1 Å². The van der Waals surface area contributed by atoms with Crippen molar-refractivity contribution in [2.24, 2.45) is 0 Å². The Bertz CT molecular complexity index is 542. The molecule has 0 saturated heterocycles. The molecular formula is C15H13F3O. The maximum Gasteiger partial charge on any atom is 0.421 e. The van der Waals surface area contributed by atoms with Crippen molar-refractivity contribution in [3.63, 3.8) is 0 Å². The van der Waals surface area contributed by atoms with E-state index in [4.69, 9.17) is 0 Å². The van der Waals surface area contributed by atoms with Gasteiger partial charge in [-0.15, -0.1) is 0 Å². The molecule has 1 N–H and O–H groups in total. The number of benzene rings is 2. The summed E-state index contributed by atoms with van der Waals surface area (Å²) in [6.07, 6.45) is -4.69. The van der Waals surface area contributed by atoms with Crippen LogP contribution in [-0.2, 0) is 5.60 Å². The molecule has 1 atom stereocenters. The molecule has 0 amide bonds. The number of hydrogen-bond acceptors (Lipinski definition) is 1. The quantitative estimate of drug-likeness (QED) is 0.866. The average molecular weight is 266 g/mol. The molecule has 0 aromatic heterocycles. The van der Waals surface area contributed by atoms with Crippen molar-refractivity contribution < 1.29 is 18.3 Å². The topological polar surface area (TPSA) is 20.2 Å². The molecule has 0 fully saturated rings. The fraction of sp³-hybridized carbons (Fsp3) is 0.200. The van der Waals surface area contributed by atoms with Crippen molar-refractivity contribution in [1.82, 2.24) is 0 Å². The first-order valence-electron chi connectivity index (χ1n) is 5.77. The van der Waals surface area contributed by atoms with Crippen LogP contribution in [0, 0.1) is 0 Å². The molecule has 0 saturated carbocycles. The van der Waals surface area contributed by atoms with Crippen LogP contribution in [0.25, 0.3) is 11.1 Å². The van der Waals surface area contributed by atoms with Crippen LogP contribution in [0.1, 0.15) is 12.5 Å². The number of alkyl halides is 3. The summed E-state index contributed by atoms with van der Waals surface area (Å²) in [6.45, 7) is 0.754. The molecular weight excluding hydrogens is 253 g/mol. The van der Waals surface area contributed by atoms with Gasteiger partial charge in [-0.25, -0.2) is 0 Å². The molecule has 0 spiro atoms. The Balaban J connectivity index is 2.35. The highest BCUT2D eigenvalue weighted by Crippen LogP contribution is 2.38. The second-order valence-corrected chi connectivity index (χ2v) is 4.51. The number of rotatable bonds is 2. The molecule has 0 aliphatic heterocycles. The first kappa shape index (κ1) is 13.6. The molecule has 0 aliphatic rings. The minimum absolute atomic E-state index is 0.167. The van der Waals surface area contributed by atoms with Crippen molar-refractivity contribution in [3.05, 3.63) is 60.2 Å². The molecule has 19 heavy (non-hydrogen) atoms. The van der Waals surface area contributed by atoms with E-state index >= 15 is 0 Å². The zero-order chi connectivity index (χ0) is 14.1. The zero-order valence-corrected chi connectivity index (χ0v) is 10.3. The van der Waals surface area contributed by atoms with E-state index < -0.39 is 11.8 Å². The largest absolute Gasteiger partial charge is 0.421 e. The second kappa shape index (κ2) is 4.70. The first-order chi connectivity index (χ1) is 8.82. The van der Waals surface area contributed by atoms with Gasteiger partial charge in [0.25, 0.3) is 0 Å². The van der Waals surface area contributed by atoms with Crippen LogP contribution >= 0.6 is 0 Å². The monoisotopic (exact) mass is 266 g/mol. The van der Waals surface area contributed by atoms with Gasteiger partial charge in [-0.1, -0.05) is 54.6 Å². The van der Waals surface area contributed by atoms with Crippen molar-refractivity contribution in [2.75, 3.05) is 0 Å². The summed E-state index contributed by atoms with van der Waals surface area (Å²) < 4.78 is 38.1. The van der Waals surface area contributed by atoms with Crippen LogP contribution in [0.4, 0.5) is 13.2 Å². The van der Waals surface area contributed by atoms with Crippen LogP contribution in [-0.4, -0.2) is 11.3 Å². The lowest BCUT2D eigenvalue weighted by Gasteiger charge is -2.26. The Morgan fingerprint density at radius 1 is 0.789 bits per heavy atom. The molecule has 2 aromatic rings. The third-order valence-corrected chi connectivity index (χ3v) is 3.11. The molecule has 0 bridgehead atoms. The molecule has 2 rings (SSSR count). The SMILES string of the molecule is CC(O)(c1ccc(-c2ccccc2)cc1)C(F)(F)F. The van der Waals surface area contributed by atoms with Gasteiger partial charge in [0, 0.05) is 0 Å². The van der Waals surface area contributed by atoms with Crippen LogP contribution in [0.2, 0.25) is 0 Å². The van der Waals surface area contributed by atoms with Gasteiger partial charge in [0.1, 0.15) is 0 Å². The average Bonchev–Trinajstić information content (AvgIpc) is 2.39. The normalized spacial score (nSPS) is 15.0. The standard InChI is InChI=1S/C15H13F3O/c1-14(19,15(16,17)18)13-9-7-12(8-10-13)11-5-3-2-4-6-11/h2-10,19H,1H3. The van der Waals surface area contributed by atoms with Gasteiger partial charge in [0.2, 0.25) is 0 Å². The van der Waals surface area contributed by atoms with Crippen LogP contribution in [0.5, 0.6) is 0 Å². The summed E-state index contributed by atoms with van der Waals surface area (Å²) in [4.78, 5) is 0. The van der Waals surface area contributed by atoms with E-state index in [1.807, 2.05) is 30.3 Å². The molecule has 0 radical (unpaired) electrons. The highest BCUT2D eigenvalue weighted by atomic mass is 19.4. The molecule has 4 heteroatoms. The summed E-state index contributed by atoms with van der Waals surface area (Å²) >= 11 is 0. The third kappa shape index (κ3) is 2.63. The Kier molecular flexibility index (Phi) is 3.37. The van der Waals surface area contributed by atoms with Crippen molar-refractivity contribution >= 4 is 0 Å². The summed E-state index contributed by atoms with van der Waals surface area (Å²) in [5, 5.41) is 9.56. The number of halogens is 3. The summed E-state index contributed by atoms with van der Waals surface area (Å²) in [5.74, 6) is 0.